The summed E-state index contributed by atoms with van der Waals surface area (Å²) in [5.74, 6) is 1.30. The fraction of sp³-hybridized carbons (Fsp3) is 0.632. The summed E-state index contributed by atoms with van der Waals surface area (Å²) in [5.41, 5.74) is 0.0996. The van der Waals surface area contributed by atoms with Gasteiger partial charge < -0.3 is 14.8 Å². The summed E-state index contributed by atoms with van der Waals surface area (Å²) < 4.78 is 11.6. The third-order valence-electron chi connectivity index (χ3n) is 4.41. The van der Waals surface area contributed by atoms with Crippen molar-refractivity contribution in [2.45, 2.75) is 51.6 Å². The van der Waals surface area contributed by atoms with Crippen LogP contribution in [0.4, 0.5) is 5.69 Å². The van der Waals surface area contributed by atoms with Gasteiger partial charge in [-0.3, -0.25) is 4.79 Å². The summed E-state index contributed by atoms with van der Waals surface area (Å²) in [6.07, 6.45) is 4.73. The number of rotatable bonds is 8. The topological polar surface area (TPSA) is 47.6 Å². The van der Waals surface area contributed by atoms with Crippen LogP contribution in [0, 0.1) is 5.92 Å². The van der Waals surface area contributed by atoms with Gasteiger partial charge in [0.25, 0.3) is 5.91 Å². The maximum absolute atomic E-state index is 12.9. The first-order chi connectivity index (χ1) is 11.6. The van der Waals surface area contributed by atoms with Crippen LogP contribution < -0.4 is 10.1 Å². The average molecular weight is 398 g/mol. The van der Waals surface area contributed by atoms with Crippen molar-refractivity contribution in [3.63, 3.8) is 0 Å². The van der Waals surface area contributed by atoms with Crippen molar-refractivity contribution in [3.05, 3.63) is 24.3 Å². The van der Waals surface area contributed by atoms with Crippen LogP contribution in [0.15, 0.2) is 24.3 Å². The summed E-state index contributed by atoms with van der Waals surface area (Å²) in [4.78, 5) is 12.9. The van der Waals surface area contributed by atoms with E-state index < -0.39 is 5.60 Å². The Bertz CT molecular complexity index is 520. The van der Waals surface area contributed by atoms with Crippen LogP contribution in [-0.4, -0.2) is 30.1 Å². The zero-order valence-electron chi connectivity index (χ0n) is 14.6. The predicted molar refractivity (Wildman–Crippen MR) is 101 cm³/mol. The van der Waals surface area contributed by atoms with E-state index in [0.29, 0.717) is 19.1 Å². The molecule has 1 aromatic rings. The van der Waals surface area contributed by atoms with E-state index in [4.69, 9.17) is 9.47 Å². The fourth-order valence-electron chi connectivity index (χ4n) is 3.24. The highest BCUT2D eigenvalue weighted by Crippen LogP contribution is 2.36. The lowest BCUT2D eigenvalue weighted by Crippen LogP contribution is -2.48. The summed E-state index contributed by atoms with van der Waals surface area (Å²) >= 11 is 3.33. The van der Waals surface area contributed by atoms with E-state index in [1.807, 2.05) is 24.3 Å². The highest BCUT2D eigenvalue weighted by molar-refractivity contribution is 9.09. The Hall–Kier alpha value is -1.07. The summed E-state index contributed by atoms with van der Waals surface area (Å²) in [6, 6.07) is 7.51. The van der Waals surface area contributed by atoms with Gasteiger partial charge >= 0.3 is 0 Å². The van der Waals surface area contributed by atoms with Gasteiger partial charge in [-0.1, -0.05) is 36.2 Å². The zero-order valence-corrected chi connectivity index (χ0v) is 16.2. The molecule has 0 saturated heterocycles. The van der Waals surface area contributed by atoms with E-state index in [9.17, 15) is 4.79 Å². The number of nitrogens with one attached hydrogen (secondary N) is 1. The van der Waals surface area contributed by atoms with Crippen molar-refractivity contribution in [1.29, 1.82) is 0 Å². The second-order valence-corrected chi connectivity index (χ2v) is 7.35. The normalized spacial score (nSPS) is 23.7. The molecule has 1 aliphatic carbocycles. The molecule has 0 aromatic heterocycles. The first-order valence-electron chi connectivity index (χ1n) is 8.84. The molecule has 1 amide bonds. The molecule has 4 nitrogen and oxygen atoms in total. The van der Waals surface area contributed by atoms with Gasteiger partial charge in [0, 0.05) is 17.6 Å². The van der Waals surface area contributed by atoms with Gasteiger partial charge in [0.05, 0.1) is 6.61 Å². The SMILES string of the molecule is CCCOC1(C(=O)Nc2ccc(OCCBr)cc2)CCCC(C)C1. The van der Waals surface area contributed by atoms with Crippen LogP contribution in [0.3, 0.4) is 0 Å². The Morgan fingerprint density at radius 1 is 1.33 bits per heavy atom. The fourth-order valence-corrected chi connectivity index (χ4v) is 3.40. The molecule has 0 heterocycles. The Balaban J connectivity index is 2.04. The van der Waals surface area contributed by atoms with Crippen LogP contribution in [0.5, 0.6) is 5.75 Å². The molecule has 134 valence electrons. The lowest BCUT2D eigenvalue weighted by molar-refractivity contribution is -0.148. The van der Waals surface area contributed by atoms with Crippen LogP contribution >= 0.6 is 15.9 Å². The van der Waals surface area contributed by atoms with E-state index in [1.54, 1.807) is 0 Å². The standard InChI is InChI=1S/C19H28BrNO3/c1-3-12-24-19(10-4-5-15(2)14-19)18(22)21-16-6-8-17(9-7-16)23-13-11-20/h6-9,15H,3-5,10-14H2,1-2H3,(H,21,22). The number of benzene rings is 1. The number of hydrogen-bond acceptors (Lipinski definition) is 3. The quantitative estimate of drug-likeness (QED) is 0.642. The van der Waals surface area contributed by atoms with E-state index in [2.05, 4.69) is 35.1 Å². The first kappa shape index (κ1) is 19.3. The maximum atomic E-state index is 12.9. The van der Waals surface area contributed by atoms with Crippen LogP contribution in [0.2, 0.25) is 0 Å². The Morgan fingerprint density at radius 3 is 2.71 bits per heavy atom. The number of anilines is 1. The summed E-state index contributed by atoms with van der Waals surface area (Å²) in [7, 11) is 0. The second kappa shape index (κ2) is 9.42. The van der Waals surface area contributed by atoms with E-state index >= 15 is 0 Å². The monoisotopic (exact) mass is 397 g/mol. The smallest absolute Gasteiger partial charge is 0.256 e. The van der Waals surface area contributed by atoms with Crippen molar-refractivity contribution in [2.75, 3.05) is 23.9 Å². The molecular formula is C19H28BrNO3. The molecule has 1 saturated carbocycles. The minimum Gasteiger partial charge on any atom is -0.493 e. The van der Waals surface area contributed by atoms with Crippen molar-refractivity contribution in [2.24, 2.45) is 5.92 Å². The van der Waals surface area contributed by atoms with Crippen LogP contribution in [0.25, 0.3) is 0 Å². The third-order valence-corrected chi connectivity index (χ3v) is 4.73. The number of carbonyl (C=O) groups is 1. The number of alkyl halides is 1. The molecule has 2 rings (SSSR count). The zero-order chi connectivity index (χ0) is 17.4. The molecule has 2 atom stereocenters. The molecular weight excluding hydrogens is 370 g/mol. The minimum atomic E-state index is -0.682. The Labute approximate surface area is 153 Å². The van der Waals surface area contributed by atoms with E-state index in [1.165, 1.54) is 6.42 Å². The van der Waals surface area contributed by atoms with Crippen molar-refractivity contribution in [3.8, 4) is 5.75 Å². The molecule has 0 bridgehead atoms. The number of hydrogen-bond donors (Lipinski definition) is 1. The molecule has 1 N–H and O–H groups in total. The Morgan fingerprint density at radius 2 is 2.08 bits per heavy atom. The first-order valence-corrected chi connectivity index (χ1v) is 9.96. The van der Waals surface area contributed by atoms with Gasteiger partial charge in [0.2, 0.25) is 0 Å². The van der Waals surface area contributed by atoms with Crippen LogP contribution in [0.1, 0.15) is 46.0 Å². The van der Waals surface area contributed by atoms with Crippen molar-refractivity contribution >= 4 is 27.5 Å². The van der Waals surface area contributed by atoms with Gasteiger partial charge in [-0.05, 0) is 55.9 Å². The molecule has 0 aliphatic heterocycles. The highest BCUT2D eigenvalue weighted by Gasteiger charge is 2.42. The minimum absolute atomic E-state index is 0.0170. The molecule has 5 heteroatoms. The lowest BCUT2D eigenvalue weighted by Gasteiger charge is -2.38. The molecule has 24 heavy (non-hydrogen) atoms. The largest absolute Gasteiger partial charge is 0.493 e. The summed E-state index contributed by atoms with van der Waals surface area (Å²) in [6.45, 7) is 5.52. The molecule has 1 aromatic carbocycles. The van der Waals surface area contributed by atoms with Crippen molar-refractivity contribution in [1.82, 2.24) is 0 Å². The van der Waals surface area contributed by atoms with E-state index in [0.717, 1.165) is 42.5 Å². The van der Waals surface area contributed by atoms with Gasteiger partial charge in [-0.15, -0.1) is 0 Å². The van der Waals surface area contributed by atoms with Crippen LogP contribution in [-0.2, 0) is 9.53 Å². The van der Waals surface area contributed by atoms with E-state index in [-0.39, 0.29) is 5.91 Å². The van der Waals surface area contributed by atoms with Gasteiger partial charge in [0.15, 0.2) is 0 Å². The number of amides is 1. The van der Waals surface area contributed by atoms with Gasteiger partial charge in [-0.2, -0.15) is 0 Å². The van der Waals surface area contributed by atoms with Gasteiger partial charge in [0.1, 0.15) is 11.4 Å². The third kappa shape index (κ3) is 5.21. The van der Waals surface area contributed by atoms with Crippen molar-refractivity contribution < 1.29 is 14.3 Å². The average Bonchev–Trinajstić information content (AvgIpc) is 2.59. The number of carbonyl (C=O) groups excluding carboxylic acids is 1. The molecule has 0 spiro atoms. The summed E-state index contributed by atoms with van der Waals surface area (Å²) in [5, 5.41) is 3.83. The molecule has 1 fully saturated rings. The molecule has 0 radical (unpaired) electrons. The number of ether oxygens (including phenoxy) is 2. The maximum Gasteiger partial charge on any atom is 0.256 e. The molecule has 1 aliphatic rings. The predicted octanol–water partition coefficient (Wildman–Crippen LogP) is 4.77. The lowest BCUT2D eigenvalue weighted by atomic mass is 9.78. The molecule has 2 unspecified atom stereocenters. The second-order valence-electron chi connectivity index (χ2n) is 6.56. The Kier molecular flexibility index (Phi) is 7.56. The van der Waals surface area contributed by atoms with Gasteiger partial charge in [-0.25, -0.2) is 0 Å². The number of halogens is 1. The highest BCUT2D eigenvalue weighted by atomic mass is 79.9.